The van der Waals surface area contributed by atoms with E-state index in [1.54, 1.807) is 50.4 Å². The summed E-state index contributed by atoms with van der Waals surface area (Å²) in [5.41, 5.74) is 1.16. The first-order valence-corrected chi connectivity index (χ1v) is 12.7. The molecule has 0 bridgehead atoms. The number of benzene rings is 2. The number of anilines is 1. The minimum Gasteiger partial charge on any atom is -0.497 e. The molecule has 1 aromatic heterocycles. The third-order valence-electron chi connectivity index (χ3n) is 6.32. The van der Waals surface area contributed by atoms with Crippen LogP contribution in [-0.2, 0) is 4.79 Å². The van der Waals surface area contributed by atoms with Crippen molar-refractivity contribution < 1.29 is 18.7 Å². The Kier molecular flexibility index (Phi) is 7.80. The highest BCUT2D eigenvalue weighted by Gasteiger charge is 2.37. The minimum atomic E-state index is -1.07. The van der Waals surface area contributed by atoms with E-state index in [-0.39, 0.29) is 17.6 Å². The molecule has 0 spiro atoms. The minimum absolute atomic E-state index is 0.0296. The summed E-state index contributed by atoms with van der Waals surface area (Å²) in [5, 5.41) is 3.87. The normalized spacial score (nSPS) is 14.9. The number of nitrogens with zero attached hydrogens (tertiary/aromatic N) is 2. The van der Waals surface area contributed by atoms with E-state index < -0.39 is 17.8 Å². The van der Waals surface area contributed by atoms with Gasteiger partial charge in [0.1, 0.15) is 22.5 Å². The highest BCUT2D eigenvalue weighted by molar-refractivity contribution is 7.13. The fourth-order valence-electron chi connectivity index (χ4n) is 4.58. The van der Waals surface area contributed by atoms with Crippen molar-refractivity contribution in [3.8, 4) is 5.75 Å². The van der Waals surface area contributed by atoms with Gasteiger partial charge in [0.15, 0.2) is 0 Å². The molecule has 2 aromatic carbocycles. The zero-order valence-corrected chi connectivity index (χ0v) is 21.0. The lowest BCUT2D eigenvalue weighted by atomic mass is 9.94. The van der Waals surface area contributed by atoms with E-state index in [1.807, 2.05) is 6.92 Å². The molecule has 184 valence electrons. The Bertz CT molecular complexity index is 1190. The number of rotatable bonds is 7. The zero-order valence-electron chi connectivity index (χ0n) is 20.2. The standard InChI is InChI=1S/C27H30FN3O3S/c1-17-25(35-18(2)29-17)27(33)31(23-12-8-7-11-22(23)28)24(19-13-15-21(34-3)16-14-19)26(32)30-20-9-5-4-6-10-20/h7-8,11-16,20,24H,4-6,9-10H2,1-3H3,(H,30,32)/t24-/m1/s1. The van der Waals surface area contributed by atoms with E-state index in [2.05, 4.69) is 10.3 Å². The van der Waals surface area contributed by atoms with E-state index >= 15 is 4.39 Å². The van der Waals surface area contributed by atoms with Gasteiger partial charge in [-0.1, -0.05) is 43.5 Å². The predicted molar refractivity (Wildman–Crippen MR) is 136 cm³/mol. The molecule has 4 rings (SSSR count). The first kappa shape index (κ1) is 24.9. The lowest BCUT2D eigenvalue weighted by Crippen LogP contribution is -2.47. The maximum Gasteiger partial charge on any atom is 0.271 e. The number of thiazole rings is 1. The van der Waals surface area contributed by atoms with Crippen LogP contribution in [0.4, 0.5) is 10.1 Å². The van der Waals surface area contributed by atoms with Crippen LogP contribution in [0.25, 0.3) is 0 Å². The van der Waals surface area contributed by atoms with E-state index in [0.29, 0.717) is 21.9 Å². The van der Waals surface area contributed by atoms with Gasteiger partial charge in [0.2, 0.25) is 5.91 Å². The summed E-state index contributed by atoms with van der Waals surface area (Å²) in [4.78, 5) is 33.9. The van der Waals surface area contributed by atoms with Gasteiger partial charge in [-0.15, -0.1) is 11.3 Å². The molecule has 35 heavy (non-hydrogen) atoms. The number of carbonyl (C=O) groups excluding carboxylic acids is 2. The van der Waals surface area contributed by atoms with Gasteiger partial charge in [-0.05, 0) is 56.5 Å². The Labute approximate surface area is 209 Å². The van der Waals surface area contributed by atoms with Crippen LogP contribution in [0.15, 0.2) is 48.5 Å². The summed E-state index contributed by atoms with van der Waals surface area (Å²) in [5.74, 6) is -0.753. The van der Waals surface area contributed by atoms with Crippen LogP contribution in [0, 0.1) is 19.7 Å². The number of aromatic nitrogens is 1. The Hall–Kier alpha value is -3.26. The monoisotopic (exact) mass is 495 g/mol. The number of para-hydroxylation sites is 1. The van der Waals surface area contributed by atoms with Crippen molar-refractivity contribution in [1.82, 2.24) is 10.3 Å². The number of aryl methyl sites for hydroxylation is 2. The molecule has 1 aliphatic carbocycles. The largest absolute Gasteiger partial charge is 0.497 e. The Morgan fingerprint density at radius 2 is 1.77 bits per heavy atom. The average molecular weight is 496 g/mol. The second-order valence-corrected chi connectivity index (χ2v) is 10.00. The number of nitrogens with one attached hydrogen (secondary N) is 1. The smallest absolute Gasteiger partial charge is 0.271 e. The fourth-order valence-corrected chi connectivity index (χ4v) is 5.44. The molecular weight excluding hydrogens is 465 g/mol. The third kappa shape index (κ3) is 5.53. The van der Waals surface area contributed by atoms with Crippen molar-refractivity contribution in [1.29, 1.82) is 0 Å². The van der Waals surface area contributed by atoms with Crippen molar-refractivity contribution in [3.63, 3.8) is 0 Å². The molecule has 8 heteroatoms. The number of ether oxygens (including phenoxy) is 1. The lowest BCUT2D eigenvalue weighted by Gasteiger charge is -2.33. The predicted octanol–water partition coefficient (Wildman–Crippen LogP) is 5.74. The maximum absolute atomic E-state index is 15.2. The van der Waals surface area contributed by atoms with Crippen LogP contribution >= 0.6 is 11.3 Å². The summed E-state index contributed by atoms with van der Waals surface area (Å²) in [7, 11) is 1.56. The molecule has 0 radical (unpaired) electrons. The molecule has 0 saturated heterocycles. The molecule has 0 unspecified atom stereocenters. The number of carbonyl (C=O) groups is 2. The van der Waals surface area contributed by atoms with Crippen LogP contribution in [0.3, 0.4) is 0 Å². The summed E-state index contributed by atoms with van der Waals surface area (Å²) >= 11 is 1.24. The van der Waals surface area contributed by atoms with Crippen molar-refractivity contribution in [2.45, 2.75) is 58.0 Å². The number of methoxy groups -OCH3 is 1. The highest BCUT2D eigenvalue weighted by Crippen LogP contribution is 2.34. The van der Waals surface area contributed by atoms with Gasteiger partial charge in [0.25, 0.3) is 5.91 Å². The van der Waals surface area contributed by atoms with Crippen LogP contribution in [0.5, 0.6) is 5.75 Å². The molecule has 2 amide bonds. The molecule has 1 saturated carbocycles. The van der Waals surface area contributed by atoms with Crippen molar-refractivity contribution in [2.75, 3.05) is 12.0 Å². The van der Waals surface area contributed by atoms with Crippen LogP contribution in [-0.4, -0.2) is 29.9 Å². The quantitative estimate of drug-likeness (QED) is 0.453. The Morgan fingerprint density at radius 1 is 1.09 bits per heavy atom. The Balaban J connectivity index is 1.83. The molecule has 1 fully saturated rings. The topological polar surface area (TPSA) is 71.5 Å². The SMILES string of the molecule is COc1ccc([C@H](C(=O)NC2CCCCC2)N(C(=O)c2sc(C)nc2C)c2ccccc2F)cc1. The van der Waals surface area contributed by atoms with Gasteiger partial charge < -0.3 is 10.1 Å². The molecule has 3 aromatic rings. The number of halogens is 1. The van der Waals surface area contributed by atoms with Gasteiger partial charge >= 0.3 is 0 Å². The number of hydrogen-bond donors (Lipinski definition) is 1. The van der Waals surface area contributed by atoms with E-state index in [1.165, 1.54) is 28.4 Å². The van der Waals surface area contributed by atoms with Gasteiger partial charge in [-0.3, -0.25) is 14.5 Å². The summed E-state index contributed by atoms with van der Waals surface area (Å²) in [6.07, 6.45) is 5.03. The summed E-state index contributed by atoms with van der Waals surface area (Å²) in [6, 6.07) is 12.0. The molecule has 1 aliphatic rings. The first-order valence-electron chi connectivity index (χ1n) is 11.9. The van der Waals surface area contributed by atoms with Crippen LogP contribution in [0.1, 0.15) is 64.1 Å². The molecule has 1 heterocycles. The third-order valence-corrected chi connectivity index (χ3v) is 7.38. The summed E-state index contributed by atoms with van der Waals surface area (Å²) < 4.78 is 20.5. The van der Waals surface area contributed by atoms with Crippen molar-refractivity contribution >= 4 is 28.8 Å². The second-order valence-electron chi connectivity index (χ2n) is 8.79. The van der Waals surface area contributed by atoms with Crippen molar-refractivity contribution in [2.24, 2.45) is 0 Å². The lowest BCUT2D eigenvalue weighted by molar-refractivity contribution is -0.123. The van der Waals surface area contributed by atoms with Gasteiger partial charge in [-0.2, -0.15) is 0 Å². The fraction of sp³-hybridized carbons (Fsp3) is 0.370. The molecule has 1 N–H and O–H groups in total. The molecule has 6 nitrogen and oxygen atoms in total. The van der Waals surface area contributed by atoms with E-state index in [0.717, 1.165) is 37.1 Å². The molecule has 0 aliphatic heterocycles. The van der Waals surface area contributed by atoms with Gasteiger partial charge in [0.05, 0.1) is 23.5 Å². The summed E-state index contributed by atoms with van der Waals surface area (Å²) in [6.45, 7) is 3.57. The van der Waals surface area contributed by atoms with E-state index in [4.69, 9.17) is 4.74 Å². The number of amides is 2. The van der Waals surface area contributed by atoms with E-state index in [9.17, 15) is 9.59 Å². The van der Waals surface area contributed by atoms with Crippen LogP contribution < -0.4 is 15.0 Å². The van der Waals surface area contributed by atoms with Crippen molar-refractivity contribution in [3.05, 3.63) is 75.5 Å². The molecular formula is C27H30FN3O3S. The maximum atomic E-state index is 15.2. The number of hydrogen-bond acceptors (Lipinski definition) is 5. The first-order chi connectivity index (χ1) is 16.9. The Morgan fingerprint density at radius 3 is 2.37 bits per heavy atom. The van der Waals surface area contributed by atoms with Crippen LogP contribution in [0.2, 0.25) is 0 Å². The highest BCUT2D eigenvalue weighted by atomic mass is 32.1. The zero-order chi connectivity index (χ0) is 24.9. The van der Waals surface area contributed by atoms with Gasteiger partial charge in [-0.25, -0.2) is 9.37 Å². The second kappa shape index (κ2) is 11.0. The van der Waals surface area contributed by atoms with Gasteiger partial charge in [0, 0.05) is 6.04 Å². The molecule has 1 atom stereocenters. The average Bonchev–Trinajstić information content (AvgIpc) is 3.21.